The fraction of sp³-hybridized carbons (Fsp3) is 0.214. The third kappa shape index (κ3) is 4.18. The molecular weight excluding hydrogens is 474 g/mol. The van der Waals surface area contributed by atoms with Gasteiger partial charge in [0, 0.05) is 36.1 Å². The van der Waals surface area contributed by atoms with E-state index in [2.05, 4.69) is 9.88 Å². The van der Waals surface area contributed by atoms with Crippen LogP contribution in [0.1, 0.15) is 17.2 Å². The van der Waals surface area contributed by atoms with Crippen molar-refractivity contribution in [2.75, 3.05) is 24.9 Å². The summed E-state index contributed by atoms with van der Waals surface area (Å²) in [5, 5.41) is 4.91. The predicted octanol–water partition coefficient (Wildman–Crippen LogP) is 4.69. The second-order valence-electron chi connectivity index (χ2n) is 8.49. The molecule has 0 aliphatic carbocycles. The first-order valence-electron chi connectivity index (χ1n) is 11.6. The lowest BCUT2D eigenvalue weighted by molar-refractivity contribution is -0.125. The van der Waals surface area contributed by atoms with E-state index in [9.17, 15) is 9.59 Å². The van der Waals surface area contributed by atoms with Gasteiger partial charge in [-0.1, -0.05) is 60.3 Å². The smallest absolute Gasteiger partial charge is 0.248 e. The molecule has 0 fully saturated rings. The summed E-state index contributed by atoms with van der Waals surface area (Å²) in [5.41, 5.74) is 3.27. The molecule has 5 rings (SSSR count). The lowest BCUT2D eigenvalue weighted by Gasteiger charge is -2.31. The zero-order chi connectivity index (χ0) is 25.2. The molecule has 1 unspecified atom stereocenters. The van der Waals surface area contributed by atoms with Gasteiger partial charge in [0.1, 0.15) is 17.5 Å². The van der Waals surface area contributed by atoms with Gasteiger partial charge in [-0.05, 0) is 23.8 Å². The zero-order valence-electron chi connectivity index (χ0n) is 20.4. The number of methoxy groups -OCH3 is 2. The number of aromatic nitrogens is 1. The third-order valence-electron chi connectivity index (χ3n) is 6.43. The Bertz CT molecular complexity index is 1430. The van der Waals surface area contributed by atoms with Gasteiger partial charge in [0.2, 0.25) is 11.8 Å². The van der Waals surface area contributed by atoms with Crippen molar-refractivity contribution in [3.05, 3.63) is 83.9 Å². The van der Waals surface area contributed by atoms with E-state index in [1.165, 1.54) is 11.8 Å². The summed E-state index contributed by atoms with van der Waals surface area (Å²) >= 11 is 1.45. The number of amides is 2. The summed E-state index contributed by atoms with van der Waals surface area (Å²) < 4.78 is 13.1. The van der Waals surface area contributed by atoms with Crippen molar-refractivity contribution in [2.24, 2.45) is 7.05 Å². The lowest BCUT2D eigenvalue weighted by Crippen LogP contribution is -2.44. The predicted molar refractivity (Wildman–Crippen MR) is 142 cm³/mol. The van der Waals surface area contributed by atoms with Gasteiger partial charge < -0.3 is 19.4 Å². The molecule has 1 N–H and O–H groups in total. The number of carbonyl (C=O) groups excluding carboxylic acids is 2. The van der Waals surface area contributed by atoms with Crippen LogP contribution in [0, 0.1) is 0 Å². The summed E-state index contributed by atoms with van der Waals surface area (Å²) in [6, 6.07) is 22.0. The average molecular weight is 502 g/mol. The van der Waals surface area contributed by atoms with Crippen LogP contribution in [0.15, 0.2) is 77.8 Å². The van der Waals surface area contributed by atoms with Crippen LogP contribution < -0.4 is 19.7 Å². The van der Waals surface area contributed by atoms with E-state index in [0.717, 1.165) is 27.1 Å². The molecule has 0 spiro atoms. The molecular formula is C28H27N3O4S. The SMILES string of the molecule is COc1ccc(OC)c(N2C(=O)CSc3c(c4ccccc4n3C)C2C(=O)NCc2ccccc2)c1. The fourth-order valence-electron chi connectivity index (χ4n) is 4.70. The van der Waals surface area contributed by atoms with Crippen molar-refractivity contribution in [1.29, 1.82) is 0 Å². The van der Waals surface area contributed by atoms with Gasteiger partial charge in [-0.25, -0.2) is 0 Å². The highest BCUT2D eigenvalue weighted by atomic mass is 32.2. The molecule has 1 aromatic heterocycles. The van der Waals surface area contributed by atoms with E-state index < -0.39 is 6.04 Å². The van der Waals surface area contributed by atoms with Crippen LogP contribution >= 0.6 is 11.8 Å². The molecule has 8 heteroatoms. The van der Waals surface area contributed by atoms with Crippen molar-refractivity contribution >= 4 is 40.2 Å². The molecule has 3 aromatic carbocycles. The Morgan fingerprint density at radius 2 is 1.78 bits per heavy atom. The first-order valence-corrected chi connectivity index (χ1v) is 12.6. The second-order valence-corrected chi connectivity index (χ2v) is 9.46. The largest absolute Gasteiger partial charge is 0.497 e. The highest BCUT2D eigenvalue weighted by Crippen LogP contribution is 2.46. The monoisotopic (exact) mass is 501 g/mol. The minimum atomic E-state index is -0.904. The van der Waals surface area contributed by atoms with Crippen LogP contribution in [0.25, 0.3) is 10.9 Å². The number of para-hydroxylation sites is 1. The van der Waals surface area contributed by atoms with Crippen LogP contribution in [0.3, 0.4) is 0 Å². The van der Waals surface area contributed by atoms with Crippen LogP contribution in [-0.4, -0.2) is 36.4 Å². The van der Waals surface area contributed by atoms with Gasteiger partial charge in [0.15, 0.2) is 0 Å². The molecule has 0 saturated heterocycles. The third-order valence-corrected chi connectivity index (χ3v) is 7.59. The molecule has 1 aliphatic rings. The molecule has 184 valence electrons. The van der Waals surface area contributed by atoms with Gasteiger partial charge in [0.05, 0.1) is 30.7 Å². The highest BCUT2D eigenvalue weighted by Gasteiger charge is 2.40. The summed E-state index contributed by atoms with van der Waals surface area (Å²) in [6.45, 7) is 0.348. The Morgan fingerprint density at radius 1 is 1.03 bits per heavy atom. The Labute approximate surface area is 214 Å². The van der Waals surface area contributed by atoms with E-state index in [-0.39, 0.29) is 17.6 Å². The molecule has 7 nitrogen and oxygen atoms in total. The van der Waals surface area contributed by atoms with E-state index in [1.54, 1.807) is 37.3 Å². The summed E-state index contributed by atoms with van der Waals surface area (Å²) in [5.74, 6) is 0.777. The number of ether oxygens (including phenoxy) is 2. The Balaban J connectivity index is 1.70. The fourth-order valence-corrected chi connectivity index (χ4v) is 5.77. The quantitative estimate of drug-likeness (QED) is 0.415. The van der Waals surface area contributed by atoms with Crippen molar-refractivity contribution in [2.45, 2.75) is 17.6 Å². The lowest BCUT2D eigenvalue weighted by atomic mass is 10.0. The Morgan fingerprint density at radius 3 is 2.53 bits per heavy atom. The van der Waals surface area contributed by atoms with Gasteiger partial charge in [-0.15, -0.1) is 0 Å². The van der Waals surface area contributed by atoms with Gasteiger partial charge in [-0.2, -0.15) is 0 Å². The summed E-state index contributed by atoms with van der Waals surface area (Å²) in [6.07, 6.45) is 0. The maximum Gasteiger partial charge on any atom is 0.248 e. The molecule has 1 aliphatic heterocycles. The molecule has 2 heterocycles. The number of anilines is 1. The molecule has 4 aromatic rings. The van der Waals surface area contributed by atoms with Gasteiger partial charge >= 0.3 is 0 Å². The van der Waals surface area contributed by atoms with Crippen LogP contribution in [-0.2, 0) is 23.2 Å². The number of aryl methyl sites for hydroxylation is 1. The van der Waals surface area contributed by atoms with E-state index in [1.807, 2.05) is 61.6 Å². The van der Waals surface area contributed by atoms with Crippen molar-refractivity contribution in [3.8, 4) is 11.5 Å². The van der Waals surface area contributed by atoms with Gasteiger partial charge in [-0.3, -0.25) is 14.5 Å². The van der Waals surface area contributed by atoms with E-state index in [0.29, 0.717) is 23.7 Å². The van der Waals surface area contributed by atoms with Crippen molar-refractivity contribution in [3.63, 3.8) is 0 Å². The number of rotatable bonds is 6. The number of nitrogens with one attached hydrogen (secondary N) is 1. The number of carbonyl (C=O) groups is 2. The summed E-state index contributed by atoms with van der Waals surface area (Å²) in [4.78, 5) is 29.3. The van der Waals surface area contributed by atoms with Crippen molar-refractivity contribution in [1.82, 2.24) is 9.88 Å². The molecule has 0 radical (unpaired) electrons. The van der Waals surface area contributed by atoms with Crippen LogP contribution in [0.2, 0.25) is 0 Å². The molecule has 0 saturated carbocycles. The van der Waals surface area contributed by atoms with Crippen LogP contribution in [0.5, 0.6) is 11.5 Å². The topological polar surface area (TPSA) is 72.8 Å². The first-order chi connectivity index (χ1) is 17.5. The second kappa shape index (κ2) is 9.99. The highest BCUT2D eigenvalue weighted by molar-refractivity contribution is 8.00. The van der Waals surface area contributed by atoms with Gasteiger partial charge in [0.25, 0.3) is 0 Å². The number of benzene rings is 3. The number of hydrogen-bond acceptors (Lipinski definition) is 5. The standard InChI is InChI=1S/C28H27N3O4S/c1-30-21-12-8-7-11-20(21)25-26(27(33)29-16-18-9-5-4-6-10-18)31(24(32)17-36-28(25)30)22-15-19(34-2)13-14-23(22)35-3/h4-15,26H,16-17H2,1-3H3,(H,29,33). The minimum Gasteiger partial charge on any atom is -0.497 e. The minimum absolute atomic E-state index is 0.181. The zero-order valence-corrected chi connectivity index (χ0v) is 21.2. The van der Waals surface area contributed by atoms with Crippen LogP contribution in [0.4, 0.5) is 5.69 Å². The average Bonchev–Trinajstić information content (AvgIpc) is 3.09. The summed E-state index contributed by atoms with van der Waals surface area (Å²) in [7, 11) is 5.09. The number of fused-ring (bicyclic) bond motifs is 3. The number of nitrogens with zero attached hydrogens (tertiary/aromatic N) is 2. The molecule has 1 atom stereocenters. The van der Waals surface area contributed by atoms with E-state index >= 15 is 0 Å². The Kier molecular flexibility index (Phi) is 6.61. The molecule has 0 bridgehead atoms. The Hall–Kier alpha value is -3.91. The first kappa shape index (κ1) is 23.8. The normalized spacial score (nSPS) is 15.4. The molecule has 36 heavy (non-hydrogen) atoms. The maximum absolute atomic E-state index is 14.0. The number of thioether (sulfide) groups is 1. The molecule has 2 amide bonds. The van der Waals surface area contributed by atoms with Crippen molar-refractivity contribution < 1.29 is 19.1 Å². The maximum atomic E-state index is 14.0. The number of hydrogen-bond donors (Lipinski definition) is 1. The van der Waals surface area contributed by atoms with E-state index in [4.69, 9.17) is 9.47 Å².